The lowest BCUT2D eigenvalue weighted by atomic mass is 10.1. The van der Waals surface area contributed by atoms with Gasteiger partial charge in [0.2, 0.25) is 0 Å². The molecule has 1 heterocycles. The highest BCUT2D eigenvalue weighted by atomic mass is 16.4. The van der Waals surface area contributed by atoms with Crippen LogP contribution >= 0.6 is 0 Å². The molecule has 1 aliphatic heterocycles. The van der Waals surface area contributed by atoms with Crippen LogP contribution in [0.2, 0.25) is 0 Å². The molecule has 0 saturated carbocycles. The van der Waals surface area contributed by atoms with Gasteiger partial charge in [-0.15, -0.1) is 0 Å². The molecule has 1 atom stereocenters. The van der Waals surface area contributed by atoms with E-state index in [1.807, 2.05) is 0 Å². The van der Waals surface area contributed by atoms with Crippen molar-refractivity contribution >= 4 is 23.9 Å². The van der Waals surface area contributed by atoms with Crippen LogP contribution in [0.3, 0.4) is 0 Å². The van der Waals surface area contributed by atoms with Crippen molar-refractivity contribution in [3.8, 4) is 0 Å². The van der Waals surface area contributed by atoms with Gasteiger partial charge in [-0.25, -0.2) is 0 Å². The first-order valence-corrected chi connectivity index (χ1v) is 9.99. The Kier molecular flexibility index (Phi) is 12.0. The fraction of sp³-hybridized carbons (Fsp3) is 0.778. The maximum absolute atomic E-state index is 11.4. The molecule has 0 radical (unpaired) electrons. The SMILES string of the molecule is O=C(O)CN1CCN(CC(=O)O)CCN(CC(=O)O)C(CCO)CN(CC(=O)O)CC1. The van der Waals surface area contributed by atoms with Gasteiger partial charge in [0.1, 0.15) is 0 Å². The quantitative estimate of drug-likeness (QED) is 0.233. The molecule has 1 fully saturated rings. The van der Waals surface area contributed by atoms with Crippen LogP contribution in [0.25, 0.3) is 0 Å². The number of nitrogens with zero attached hydrogens (tertiary/aromatic N) is 4. The van der Waals surface area contributed by atoms with Gasteiger partial charge < -0.3 is 25.5 Å². The van der Waals surface area contributed by atoms with Gasteiger partial charge >= 0.3 is 23.9 Å². The van der Waals surface area contributed by atoms with E-state index >= 15 is 0 Å². The van der Waals surface area contributed by atoms with E-state index in [4.69, 9.17) is 5.11 Å². The summed E-state index contributed by atoms with van der Waals surface area (Å²) in [6.07, 6.45) is 0.209. The average molecular weight is 448 g/mol. The van der Waals surface area contributed by atoms with Crippen molar-refractivity contribution in [1.82, 2.24) is 19.6 Å². The van der Waals surface area contributed by atoms with E-state index in [1.54, 1.807) is 19.6 Å². The smallest absolute Gasteiger partial charge is 0.317 e. The summed E-state index contributed by atoms with van der Waals surface area (Å²) >= 11 is 0. The van der Waals surface area contributed by atoms with Crippen LogP contribution in [0.15, 0.2) is 0 Å². The number of rotatable bonds is 10. The summed E-state index contributed by atoms with van der Waals surface area (Å²) < 4.78 is 0. The molecule has 13 nitrogen and oxygen atoms in total. The molecule has 178 valence electrons. The minimum atomic E-state index is -1.09. The number of carboxylic acids is 4. The van der Waals surface area contributed by atoms with E-state index in [2.05, 4.69) is 0 Å². The molecule has 5 N–H and O–H groups in total. The lowest BCUT2D eigenvalue weighted by molar-refractivity contribution is -0.142. The van der Waals surface area contributed by atoms with Gasteiger partial charge in [-0.2, -0.15) is 0 Å². The van der Waals surface area contributed by atoms with Crippen molar-refractivity contribution in [2.45, 2.75) is 12.5 Å². The molecule has 0 spiro atoms. The second kappa shape index (κ2) is 13.9. The monoisotopic (exact) mass is 448 g/mol. The Bertz CT molecular complexity index is 619. The number of aliphatic hydroxyl groups excluding tert-OH is 1. The fourth-order valence-corrected chi connectivity index (χ4v) is 3.59. The van der Waals surface area contributed by atoms with Gasteiger partial charge in [-0.1, -0.05) is 0 Å². The van der Waals surface area contributed by atoms with Gasteiger partial charge in [0.25, 0.3) is 0 Å². The predicted octanol–water partition coefficient (Wildman–Crippen LogP) is -2.70. The van der Waals surface area contributed by atoms with Crippen molar-refractivity contribution in [2.75, 3.05) is 78.6 Å². The zero-order valence-electron chi connectivity index (χ0n) is 17.4. The molecule has 0 aliphatic carbocycles. The molecule has 0 aromatic carbocycles. The molecule has 0 bridgehead atoms. The molecule has 1 aliphatic rings. The molecular formula is C18H32N4O9. The lowest BCUT2D eigenvalue weighted by Crippen LogP contribution is -2.53. The topological polar surface area (TPSA) is 182 Å². The highest BCUT2D eigenvalue weighted by Gasteiger charge is 2.26. The zero-order chi connectivity index (χ0) is 23.4. The first-order valence-electron chi connectivity index (χ1n) is 9.99. The van der Waals surface area contributed by atoms with E-state index in [0.717, 1.165) is 0 Å². The zero-order valence-corrected chi connectivity index (χ0v) is 17.4. The standard InChI is InChI=1S/C18H32N4O9/c23-8-1-14-9-21(12-17(28)29)5-4-19(10-15(24)25)2-3-20(11-16(26)27)6-7-22(14)13-18(30)31/h14,23H,1-13H2,(H,24,25)(H,26,27)(H,28,29)(H,30,31). The molecule has 0 aromatic rings. The Morgan fingerprint density at radius 2 is 1.00 bits per heavy atom. The van der Waals surface area contributed by atoms with Crippen LogP contribution < -0.4 is 0 Å². The van der Waals surface area contributed by atoms with E-state index in [-0.39, 0.29) is 85.0 Å². The van der Waals surface area contributed by atoms with Gasteiger partial charge in [0.15, 0.2) is 0 Å². The number of hydrogen-bond acceptors (Lipinski definition) is 9. The van der Waals surface area contributed by atoms with Crippen LogP contribution in [-0.2, 0) is 19.2 Å². The van der Waals surface area contributed by atoms with Crippen LogP contribution in [0, 0.1) is 0 Å². The predicted molar refractivity (Wildman–Crippen MR) is 107 cm³/mol. The third-order valence-electron chi connectivity index (χ3n) is 5.03. The van der Waals surface area contributed by atoms with E-state index < -0.39 is 29.9 Å². The van der Waals surface area contributed by atoms with Gasteiger partial charge in [-0.05, 0) is 6.42 Å². The molecular weight excluding hydrogens is 416 g/mol. The minimum absolute atomic E-state index is 0.167. The molecule has 1 unspecified atom stereocenters. The Morgan fingerprint density at radius 1 is 0.613 bits per heavy atom. The van der Waals surface area contributed by atoms with Gasteiger partial charge in [0.05, 0.1) is 26.2 Å². The highest BCUT2D eigenvalue weighted by Crippen LogP contribution is 2.10. The highest BCUT2D eigenvalue weighted by molar-refractivity contribution is 5.70. The molecule has 13 heteroatoms. The largest absolute Gasteiger partial charge is 0.480 e. The Morgan fingerprint density at radius 3 is 1.42 bits per heavy atom. The number of aliphatic carboxylic acids is 4. The normalized spacial score (nSPS) is 21.1. The Hall–Kier alpha value is -2.32. The number of carboxylic acid groups (broad SMARTS) is 4. The summed E-state index contributed by atoms with van der Waals surface area (Å²) in [5.74, 6) is -4.26. The number of aliphatic hydroxyl groups is 1. The lowest BCUT2D eigenvalue weighted by Gasteiger charge is -2.37. The second-order valence-electron chi connectivity index (χ2n) is 7.50. The molecule has 1 rings (SSSR count). The van der Waals surface area contributed by atoms with Gasteiger partial charge in [-0.3, -0.25) is 38.8 Å². The Balaban J connectivity index is 3.14. The molecule has 0 aromatic heterocycles. The maximum Gasteiger partial charge on any atom is 0.317 e. The van der Waals surface area contributed by atoms with E-state index in [9.17, 15) is 39.6 Å². The summed E-state index contributed by atoms with van der Waals surface area (Å²) in [5, 5.41) is 46.4. The number of carbonyl (C=O) groups is 4. The summed E-state index contributed by atoms with van der Waals surface area (Å²) in [6.45, 7) is 0.143. The molecule has 0 amide bonds. The summed E-state index contributed by atoms with van der Waals surface area (Å²) in [5.41, 5.74) is 0. The molecule has 31 heavy (non-hydrogen) atoms. The van der Waals surface area contributed by atoms with Crippen LogP contribution in [0.5, 0.6) is 0 Å². The van der Waals surface area contributed by atoms with E-state index in [0.29, 0.717) is 0 Å². The minimum Gasteiger partial charge on any atom is -0.480 e. The van der Waals surface area contributed by atoms with E-state index in [1.165, 1.54) is 0 Å². The third-order valence-corrected chi connectivity index (χ3v) is 5.03. The van der Waals surface area contributed by atoms with Crippen molar-refractivity contribution in [3.05, 3.63) is 0 Å². The first kappa shape index (κ1) is 26.7. The summed E-state index contributed by atoms with van der Waals surface area (Å²) in [4.78, 5) is 51.5. The van der Waals surface area contributed by atoms with Crippen molar-refractivity contribution in [1.29, 1.82) is 0 Å². The van der Waals surface area contributed by atoms with Crippen molar-refractivity contribution < 1.29 is 44.7 Å². The second-order valence-corrected chi connectivity index (χ2v) is 7.50. The average Bonchev–Trinajstić information content (AvgIpc) is 2.63. The summed E-state index contributed by atoms with van der Waals surface area (Å²) in [7, 11) is 0. The summed E-state index contributed by atoms with van der Waals surface area (Å²) in [6, 6.07) is -0.473. The van der Waals surface area contributed by atoms with Crippen molar-refractivity contribution in [3.63, 3.8) is 0 Å². The van der Waals surface area contributed by atoms with Crippen LogP contribution in [0.4, 0.5) is 0 Å². The van der Waals surface area contributed by atoms with Crippen LogP contribution in [0.1, 0.15) is 6.42 Å². The maximum atomic E-state index is 11.4. The fourth-order valence-electron chi connectivity index (χ4n) is 3.59. The number of hydrogen-bond donors (Lipinski definition) is 5. The van der Waals surface area contributed by atoms with Crippen molar-refractivity contribution in [2.24, 2.45) is 0 Å². The third kappa shape index (κ3) is 11.6. The van der Waals surface area contributed by atoms with Crippen LogP contribution in [-0.4, -0.2) is 154 Å². The Labute approximate surface area is 180 Å². The van der Waals surface area contributed by atoms with Gasteiger partial charge in [0, 0.05) is 58.5 Å². The first-order chi connectivity index (χ1) is 14.6. The molecule has 1 saturated heterocycles.